The van der Waals surface area contributed by atoms with Gasteiger partial charge in [0.25, 0.3) is 15.9 Å². The summed E-state index contributed by atoms with van der Waals surface area (Å²) in [4.78, 5) is 14.4. The third kappa shape index (κ3) is 3.56. The molecule has 1 amide bonds. The van der Waals surface area contributed by atoms with E-state index in [0.717, 1.165) is 20.0 Å². The lowest BCUT2D eigenvalue weighted by Crippen LogP contribution is -2.48. The largest absolute Gasteiger partial charge is 0.438 e. The molecule has 7 nitrogen and oxygen atoms in total. The smallest absolute Gasteiger partial charge is 0.284 e. The Morgan fingerprint density at radius 1 is 1.14 bits per heavy atom. The SMILES string of the molecule is NC(=O)c1ccc(S(=O)(=O)N2CCN(Cc3sc4ccccc4c3Cl)CC2)o1. The lowest BCUT2D eigenvalue weighted by atomic mass is 10.2. The summed E-state index contributed by atoms with van der Waals surface area (Å²) in [6, 6.07) is 10.5. The van der Waals surface area contributed by atoms with Gasteiger partial charge in [-0.25, -0.2) is 8.42 Å². The number of fused-ring (bicyclic) bond motifs is 1. The number of thiophene rings is 1. The van der Waals surface area contributed by atoms with Crippen LogP contribution in [0.15, 0.2) is 45.9 Å². The van der Waals surface area contributed by atoms with Gasteiger partial charge in [-0.05, 0) is 18.2 Å². The van der Waals surface area contributed by atoms with Gasteiger partial charge >= 0.3 is 0 Å². The quantitative estimate of drug-likeness (QED) is 0.659. The van der Waals surface area contributed by atoms with Crippen molar-refractivity contribution >= 4 is 49.0 Å². The van der Waals surface area contributed by atoms with Gasteiger partial charge in [0.05, 0.1) is 5.02 Å². The van der Waals surface area contributed by atoms with E-state index >= 15 is 0 Å². The Bertz CT molecular complexity index is 1130. The first-order valence-corrected chi connectivity index (χ1v) is 11.3. The molecule has 0 radical (unpaired) electrons. The van der Waals surface area contributed by atoms with Crippen LogP contribution in [0.5, 0.6) is 0 Å². The van der Waals surface area contributed by atoms with Crippen LogP contribution >= 0.6 is 22.9 Å². The van der Waals surface area contributed by atoms with Gasteiger partial charge in [-0.1, -0.05) is 29.8 Å². The fourth-order valence-electron chi connectivity index (χ4n) is 3.22. The van der Waals surface area contributed by atoms with Gasteiger partial charge in [0.1, 0.15) is 0 Å². The van der Waals surface area contributed by atoms with E-state index < -0.39 is 15.9 Å². The van der Waals surface area contributed by atoms with Crippen LogP contribution in [-0.4, -0.2) is 49.7 Å². The summed E-state index contributed by atoms with van der Waals surface area (Å²) in [6.07, 6.45) is 0. The number of benzene rings is 1. The molecule has 0 atom stereocenters. The van der Waals surface area contributed by atoms with E-state index in [1.54, 1.807) is 11.3 Å². The Balaban J connectivity index is 1.43. The second-order valence-corrected chi connectivity index (χ2v) is 9.88. The molecular weight excluding hydrogens is 422 g/mol. The Labute approximate surface area is 171 Å². The van der Waals surface area contributed by atoms with Gasteiger partial charge in [-0.2, -0.15) is 4.31 Å². The van der Waals surface area contributed by atoms with E-state index in [2.05, 4.69) is 4.90 Å². The lowest BCUT2D eigenvalue weighted by Gasteiger charge is -2.33. The number of primary amides is 1. The Hall–Kier alpha value is -1.91. The maximum atomic E-state index is 12.7. The molecule has 0 aliphatic carbocycles. The minimum Gasteiger partial charge on any atom is -0.438 e. The molecule has 0 spiro atoms. The molecule has 3 aromatic rings. The van der Waals surface area contributed by atoms with Crippen molar-refractivity contribution in [2.45, 2.75) is 11.6 Å². The minimum atomic E-state index is -3.79. The van der Waals surface area contributed by atoms with Crippen LogP contribution in [-0.2, 0) is 16.6 Å². The van der Waals surface area contributed by atoms with Crippen molar-refractivity contribution in [1.29, 1.82) is 0 Å². The first-order chi connectivity index (χ1) is 13.4. The average Bonchev–Trinajstić information content (AvgIpc) is 3.29. The summed E-state index contributed by atoms with van der Waals surface area (Å²) in [5.41, 5.74) is 5.12. The Morgan fingerprint density at radius 3 is 2.50 bits per heavy atom. The van der Waals surface area contributed by atoms with E-state index in [9.17, 15) is 13.2 Å². The topological polar surface area (TPSA) is 96.8 Å². The van der Waals surface area contributed by atoms with E-state index in [1.807, 2.05) is 24.3 Å². The lowest BCUT2D eigenvalue weighted by molar-refractivity contribution is 0.0968. The van der Waals surface area contributed by atoms with Gasteiger partial charge in [0.2, 0.25) is 5.09 Å². The summed E-state index contributed by atoms with van der Waals surface area (Å²) in [5.74, 6) is -0.969. The molecule has 1 aliphatic heterocycles. The number of nitrogens with two attached hydrogens (primary N) is 1. The van der Waals surface area contributed by atoms with Gasteiger partial charge in [-0.15, -0.1) is 11.3 Å². The highest BCUT2D eigenvalue weighted by atomic mass is 35.5. The number of hydrogen-bond donors (Lipinski definition) is 1. The third-order valence-electron chi connectivity index (χ3n) is 4.72. The van der Waals surface area contributed by atoms with Crippen LogP contribution in [0.2, 0.25) is 5.02 Å². The van der Waals surface area contributed by atoms with Crippen molar-refractivity contribution in [3.8, 4) is 0 Å². The van der Waals surface area contributed by atoms with Gasteiger partial charge in [0, 0.05) is 47.7 Å². The number of amides is 1. The summed E-state index contributed by atoms with van der Waals surface area (Å²) in [5, 5.41) is 1.56. The number of furan rings is 1. The summed E-state index contributed by atoms with van der Waals surface area (Å²) in [7, 11) is -3.79. The fraction of sp³-hybridized carbons (Fsp3) is 0.278. The average molecular weight is 440 g/mol. The molecule has 2 N–H and O–H groups in total. The number of hydrogen-bond acceptors (Lipinski definition) is 6. The zero-order valence-electron chi connectivity index (χ0n) is 14.8. The van der Waals surface area contributed by atoms with Crippen LogP contribution in [0, 0.1) is 0 Å². The molecule has 4 rings (SSSR count). The molecule has 1 fully saturated rings. The fourth-order valence-corrected chi connectivity index (χ4v) is 6.08. The van der Waals surface area contributed by atoms with Gasteiger partial charge in [-0.3, -0.25) is 9.69 Å². The van der Waals surface area contributed by atoms with E-state index in [4.69, 9.17) is 21.8 Å². The first-order valence-electron chi connectivity index (χ1n) is 8.64. The second kappa shape index (κ2) is 7.49. The van der Waals surface area contributed by atoms with Crippen molar-refractivity contribution in [3.05, 3.63) is 52.1 Å². The van der Waals surface area contributed by atoms with Gasteiger partial charge < -0.3 is 10.2 Å². The molecule has 0 bridgehead atoms. The highest BCUT2D eigenvalue weighted by Gasteiger charge is 2.31. The molecule has 1 aromatic carbocycles. The number of halogens is 1. The molecule has 0 unspecified atom stereocenters. The van der Waals surface area contributed by atoms with Crippen molar-refractivity contribution < 1.29 is 17.6 Å². The molecule has 1 aliphatic rings. The summed E-state index contributed by atoms with van der Waals surface area (Å²) in [6.45, 7) is 2.49. The molecule has 28 heavy (non-hydrogen) atoms. The van der Waals surface area contributed by atoms with Crippen molar-refractivity contribution in [2.75, 3.05) is 26.2 Å². The standard InChI is InChI=1S/C18H18ClN3O4S2/c19-17-12-3-1-2-4-14(12)27-15(17)11-21-7-9-22(10-8-21)28(24,25)16-6-5-13(26-16)18(20)23/h1-6H,7-11H2,(H2,20,23). The zero-order chi connectivity index (χ0) is 19.9. The first kappa shape index (κ1) is 19.4. The molecule has 1 saturated heterocycles. The van der Waals surface area contributed by atoms with Crippen LogP contribution in [0.4, 0.5) is 0 Å². The highest BCUT2D eigenvalue weighted by molar-refractivity contribution is 7.89. The molecule has 10 heteroatoms. The van der Waals surface area contributed by atoms with E-state index in [1.165, 1.54) is 16.4 Å². The monoisotopic (exact) mass is 439 g/mol. The van der Waals surface area contributed by atoms with E-state index in [-0.39, 0.29) is 10.9 Å². The molecule has 3 heterocycles. The predicted molar refractivity (Wildman–Crippen MR) is 108 cm³/mol. The van der Waals surface area contributed by atoms with Crippen LogP contribution in [0.25, 0.3) is 10.1 Å². The Kier molecular flexibility index (Phi) is 5.19. The number of rotatable bonds is 5. The van der Waals surface area contributed by atoms with Crippen LogP contribution < -0.4 is 5.73 Å². The molecular formula is C18H18ClN3O4S2. The maximum Gasteiger partial charge on any atom is 0.284 e. The number of carbonyl (C=O) groups is 1. The van der Waals surface area contributed by atoms with Crippen molar-refractivity contribution in [2.24, 2.45) is 5.73 Å². The summed E-state index contributed by atoms with van der Waals surface area (Å²) >= 11 is 8.17. The number of sulfonamides is 1. The number of nitrogens with zero attached hydrogens (tertiary/aromatic N) is 2. The van der Waals surface area contributed by atoms with Crippen molar-refractivity contribution in [1.82, 2.24) is 9.21 Å². The predicted octanol–water partition coefficient (Wildman–Crippen LogP) is 2.75. The maximum absolute atomic E-state index is 12.7. The van der Waals surface area contributed by atoms with Gasteiger partial charge in [0.15, 0.2) is 5.76 Å². The highest BCUT2D eigenvalue weighted by Crippen LogP contribution is 2.36. The number of carbonyl (C=O) groups excluding carboxylic acids is 1. The van der Waals surface area contributed by atoms with E-state index in [0.29, 0.717) is 32.7 Å². The molecule has 148 valence electrons. The van der Waals surface area contributed by atoms with Crippen molar-refractivity contribution in [3.63, 3.8) is 0 Å². The third-order valence-corrected chi connectivity index (χ3v) is 8.19. The number of piperazine rings is 1. The minimum absolute atomic E-state index is 0.170. The van der Waals surface area contributed by atoms with Crippen LogP contribution in [0.3, 0.4) is 0 Å². The Morgan fingerprint density at radius 2 is 1.86 bits per heavy atom. The second-order valence-electron chi connectivity index (χ2n) is 6.50. The molecule has 2 aromatic heterocycles. The van der Waals surface area contributed by atoms with Crippen LogP contribution in [0.1, 0.15) is 15.4 Å². The molecule has 0 saturated carbocycles. The summed E-state index contributed by atoms with van der Waals surface area (Å²) < 4.78 is 33.0. The zero-order valence-corrected chi connectivity index (χ0v) is 17.2. The normalized spacial score (nSPS) is 16.6.